The molecule has 1 aromatic heterocycles. The summed E-state index contributed by atoms with van der Waals surface area (Å²) in [5.74, 6) is 0.738. The summed E-state index contributed by atoms with van der Waals surface area (Å²) < 4.78 is 12.9. The predicted octanol–water partition coefficient (Wildman–Crippen LogP) is 3.43. The van der Waals surface area contributed by atoms with Gasteiger partial charge in [0.1, 0.15) is 5.82 Å². The molecule has 0 amide bonds. The van der Waals surface area contributed by atoms with Crippen LogP contribution in [0.1, 0.15) is 5.56 Å². The standard InChI is InChI=1S/C18H19FN6/c1-25(2)16-9-7-15(8-10-16)22-17-12-21-24-18(23-17)20-11-13-3-5-14(19)6-4-13/h3-10,12H,11H2,1-2H3,(H2,20,22,23,24). The lowest BCUT2D eigenvalue weighted by atomic mass is 10.2. The van der Waals surface area contributed by atoms with E-state index in [1.54, 1.807) is 18.3 Å². The quantitative estimate of drug-likeness (QED) is 0.718. The molecular formula is C18H19FN6. The molecule has 0 aliphatic rings. The fourth-order valence-corrected chi connectivity index (χ4v) is 2.21. The van der Waals surface area contributed by atoms with E-state index in [-0.39, 0.29) is 5.82 Å². The van der Waals surface area contributed by atoms with Crippen LogP contribution >= 0.6 is 0 Å². The first-order valence-corrected chi connectivity index (χ1v) is 7.82. The minimum Gasteiger partial charge on any atom is -0.378 e. The molecule has 128 valence electrons. The van der Waals surface area contributed by atoms with Crippen LogP contribution in [-0.2, 0) is 6.54 Å². The summed E-state index contributed by atoms with van der Waals surface area (Å²) >= 11 is 0. The Kier molecular flexibility index (Phi) is 5.03. The van der Waals surface area contributed by atoms with E-state index in [1.165, 1.54) is 12.1 Å². The van der Waals surface area contributed by atoms with Gasteiger partial charge in [-0.25, -0.2) is 4.39 Å². The third kappa shape index (κ3) is 4.63. The van der Waals surface area contributed by atoms with Crippen molar-refractivity contribution in [3.63, 3.8) is 0 Å². The van der Waals surface area contributed by atoms with Gasteiger partial charge >= 0.3 is 0 Å². The Hall–Kier alpha value is -3.22. The number of benzene rings is 2. The van der Waals surface area contributed by atoms with Crippen molar-refractivity contribution >= 4 is 23.1 Å². The first kappa shape index (κ1) is 16.6. The highest BCUT2D eigenvalue weighted by molar-refractivity contribution is 5.60. The molecule has 0 aliphatic heterocycles. The maximum absolute atomic E-state index is 12.9. The Bertz CT molecular complexity index is 818. The van der Waals surface area contributed by atoms with E-state index in [0.29, 0.717) is 18.3 Å². The molecule has 3 aromatic rings. The van der Waals surface area contributed by atoms with Crippen LogP contribution in [0.2, 0.25) is 0 Å². The number of aromatic nitrogens is 3. The number of nitrogens with one attached hydrogen (secondary N) is 2. The Morgan fingerprint density at radius 2 is 1.72 bits per heavy atom. The monoisotopic (exact) mass is 338 g/mol. The maximum Gasteiger partial charge on any atom is 0.244 e. The van der Waals surface area contributed by atoms with Crippen LogP contribution in [0.3, 0.4) is 0 Å². The molecule has 0 atom stereocenters. The van der Waals surface area contributed by atoms with Gasteiger partial charge in [0.25, 0.3) is 0 Å². The van der Waals surface area contributed by atoms with Crippen molar-refractivity contribution in [2.75, 3.05) is 29.6 Å². The van der Waals surface area contributed by atoms with E-state index in [4.69, 9.17) is 0 Å². The molecule has 0 bridgehead atoms. The van der Waals surface area contributed by atoms with Crippen molar-refractivity contribution < 1.29 is 4.39 Å². The average molecular weight is 338 g/mol. The summed E-state index contributed by atoms with van der Waals surface area (Å²) in [5, 5.41) is 14.2. The molecule has 0 saturated heterocycles. The average Bonchev–Trinajstić information content (AvgIpc) is 2.62. The predicted molar refractivity (Wildman–Crippen MR) is 97.6 cm³/mol. The smallest absolute Gasteiger partial charge is 0.244 e. The van der Waals surface area contributed by atoms with Gasteiger partial charge in [0.05, 0.1) is 6.20 Å². The number of rotatable bonds is 6. The van der Waals surface area contributed by atoms with E-state index >= 15 is 0 Å². The van der Waals surface area contributed by atoms with E-state index in [2.05, 4.69) is 25.8 Å². The molecule has 1 heterocycles. The third-order valence-corrected chi connectivity index (χ3v) is 3.58. The molecule has 2 aromatic carbocycles. The number of anilines is 4. The van der Waals surface area contributed by atoms with Gasteiger partial charge in [0.15, 0.2) is 5.82 Å². The highest BCUT2D eigenvalue weighted by atomic mass is 19.1. The van der Waals surface area contributed by atoms with Gasteiger partial charge in [-0.05, 0) is 42.0 Å². The van der Waals surface area contributed by atoms with Gasteiger partial charge in [-0.1, -0.05) is 12.1 Å². The second-order valence-corrected chi connectivity index (χ2v) is 5.71. The Morgan fingerprint density at radius 1 is 1.00 bits per heavy atom. The second kappa shape index (κ2) is 7.57. The van der Waals surface area contributed by atoms with Crippen LogP contribution in [0.5, 0.6) is 0 Å². The van der Waals surface area contributed by atoms with Crippen LogP contribution in [0.15, 0.2) is 54.7 Å². The summed E-state index contributed by atoms with van der Waals surface area (Å²) in [6.07, 6.45) is 1.56. The van der Waals surface area contributed by atoms with Crippen molar-refractivity contribution in [3.8, 4) is 0 Å². The first-order chi connectivity index (χ1) is 12.1. The Labute approximate surface area is 145 Å². The summed E-state index contributed by atoms with van der Waals surface area (Å²) in [7, 11) is 3.99. The molecule has 0 saturated carbocycles. The molecule has 0 radical (unpaired) electrons. The van der Waals surface area contributed by atoms with Crippen LogP contribution in [0.25, 0.3) is 0 Å². The van der Waals surface area contributed by atoms with Gasteiger partial charge < -0.3 is 15.5 Å². The van der Waals surface area contributed by atoms with Crippen LogP contribution < -0.4 is 15.5 Å². The minimum atomic E-state index is -0.256. The molecule has 0 fully saturated rings. The highest BCUT2D eigenvalue weighted by Gasteiger charge is 2.03. The number of nitrogens with zero attached hydrogens (tertiary/aromatic N) is 4. The fourth-order valence-electron chi connectivity index (χ4n) is 2.21. The SMILES string of the molecule is CN(C)c1ccc(Nc2cnnc(NCc3ccc(F)cc3)n2)cc1. The number of halogens is 1. The molecule has 6 nitrogen and oxygen atoms in total. The summed E-state index contributed by atoms with van der Waals surface area (Å²) in [6.45, 7) is 0.489. The van der Waals surface area contributed by atoms with Gasteiger partial charge in [-0.15, -0.1) is 5.10 Å². The molecule has 2 N–H and O–H groups in total. The third-order valence-electron chi connectivity index (χ3n) is 3.58. The lowest BCUT2D eigenvalue weighted by Gasteiger charge is -2.13. The summed E-state index contributed by atoms with van der Waals surface area (Å²) in [6, 6.07) is 14.3. The zero-order valence-electron chi connectivity index (χ0n) is 14.1. The lowest BCUT2D eigenvalue weighted by molar-refractivity contribution is 0.627. The molecule has 7 heteroatoms. The normalized spacial score (nSPS) is 10.4. The highest BCUT2D eigenvalue weighted by Crippen LogP contribution is 2.19. The molecule has 0 unspecified atom stereocenters. The van der Waals surface area contributed by atoms with Crippen LogP contribution in [0.4, 0.5) is 27.5 Å². The van der Waals surface area contributed by atoms with Gasteiger partial charge in [-0.2, -0.15) is 10.1 Å². The Balaban J connectivity index is 1.63. The minimum absolute atomic E-state index is 0.256. The molecule has 0 aliphatic carbocycles. The maximum atomic E-state index is 12.9. The van der Waals surface area contributed by atoms with Crippen molar-refractivity contribution in [2.45, 2.75) is 6.54 Å². The number of hydrogen-bond donors (Lipinski definition) is 2. The van der Waals surface area contributed by atoms with Crippen molar-refractivity contribution in [2.24, 2.45) is 0 Å². The summed E-state index contributed by atoms with van der Waals surface area (Å²) in [4.78, 5) is 6.41. The van der Waals surface area contributed by atoms with Gasteiger partial charge in [0.2, 0.25) is 5.95 Å². The van der Waals surface area contributed by atoms with E-state index in [1.807, 2.05) is 43.3 Å². The van der Waals surface area contributed by atoms with E-state index in [0.717, 1.165) is 16.9 Å². The molecule has 25 heavy (non-hydrogen) atoms. The summed E-state index contributed by atoms with van der Waals surface area (Å²) in [5.41, 5.74) is 2.96. The molecule has 0 spiro atoms. The first-order valence-electron chi connectivity index (χ1n) is 7.82. The van der Waals surface area contributed by atoms with Crippen LogP contribution in [0, 0.1) is 5.82 Å². The fraction of sp³-hybridized carbons (Fsp3) is 0.167. The topological polar surface area (TPSA) is 66.0 Å². The van der Waals surface area contributed by atoms with Gasteiger partial charge in [-0.3, -0.25) is 0 Å². The van der Waals surface area contributed by atoms with Crippen LogP contribution in [-0.4, -0.2) is 29.3 Å². The zero-order chi connectivity index (χ0) is 17.6. The largest absolute Gasteiger partial charge is 0.378 e. The number of hydrogen-bond acceptors (Lipinski definition) is 6. The second-order valence-electron chi connectivity index (χ2n) is 5.71. The molecular weight excluding hydrogens is 319 g/mol. The Morgan fingerprint density at radius 3 is 2.40 bits per heavy atom. The van der Waals surface area contributed by atoms with E-state index < -0.39 is 0 Å². The van der Waals surface area contributed by atoms with Crippen molar-refractivity contribution in [1.29, 1.82) is 0 Å². The zero-order valence-corrected chi connectivity index (χ0v) is 14.1. The van der Waals surface area contributed by atoms with E-state index in [9.17, 15) is 4.39 Å². The van der Waals surface area contributed by atoms with Gasteiger partial charge in [0, 0.05) is 32.0 Å². The van der Waals surface area contributed by atoms with Crippen molar-refractivity contribution in [3.05, 3.63) is 66.1 Å². The molecule has 3 rings (SSSR count). The van der Waals surface area contributed by atoms with Crippen molar-refractivity contribution in [1.82, 2.24) is 15.2 Å². The lowest BCUT2D eigenvalue weighted by Crippen LogP contribution is -2.08.